The second-order valence-electron chi connectivity index (χ2n) is 5.98. The number of carbonyl (C=O) groups is 2. The van der Waals surface area contributed by atoms with Crippen molar-refractivity contribution in [3.8, 4) is 0 Å². The molecule has 0 spiro atoms. The van der Waals surface area contributed by atoms with Crippen LogP contribution in [0.3, 0.4) is 0 Å². The van der Waals surface area contributed by atoms with Crippen LogP contribution in [0.5, 0.6) is 0 Å². The maximum atomic E-state index is 13.6. The highest BCUT2D eigenvalue weighted by Gasteiger charge is 2.20. The third-order valence-electron chi connectivity index (χ3n) is 3.54. The number of aromatic nitrogens is 2. The highest BCUT2D eigenvalue weighted by Crippen LogP contribution is 2.10. The predicted octanol–water partition coefficient (Wildman–Crippen LogP) is 2.39. The van der Waals surface area contributed by atoms with Gasteiger partial charge < -0.3 is 15.6 Å². The van der Waals surface area contributed by atoms with Crippen molar-refractivity contribution in [3.05, 3.63) is 53.1 Å². The van der Waals surface area contributed by atoms with Crippen LogP contribution in [0.4, 0.5) is 8.78 Å². The van der Waals surface area contributed by atoms with Crippen LogP contribution in [0.15, 0.2) is 24.5 Å². The van der Waals surface area contributed by atoms with Crippen molar-refractivity contribution in [1.29, 1.82) is 0 Å². The van der Waals surface area contributed by atoms with E-state index in [9.17, 15) is 18.4 Å². The summed E-state index contributed by atoms with van der Waals surface area (Å²) in [4.78, 5) is 30.8. The topological polar surface area (TPSA) is 86.9 Å². The van der Waals surface area contributed by atoms with Crippen LogP contribution in [0, 0.1) is 17.6 Å². The number of hydrogen-bond acceptors (Lipinski definition) is 3. The van der Waals surface area contributed by atoms with Crippen LogP contribution in [-0.4, -0.2) is 28.3 Å². The first-order valence-electron chi connectivity index (χ1n) is 7.92. The molecule has 1 heterocycles. The Bertz CT molecular complexity index is 759. The fourth-order valence-electron chi connectivity index (χ4n) is 2.13. The molecule has 3 N–H and O–H groups in total. The van der Waals surface area contributed by atoms with Gasteiger partial charge >= 0.3 is 0 Å². The molecule has 1 aromatic carbocycles. The molecule has 2 aromatic rings. The number of nitrogens with one attached hydrogen (secondary N) is 3. The summed E-state index contributed by atoms with van der Waals surface area (Å²) >= 11 is 0. The number of nitrogens with zero attached hydrogens (tertiary/aromatic N) is 1. The van der Waals surface area contributed by atoms with E-state index in [1.807, 2.05) is 13.8 Å². The molecule has 8 heteroatoms. The van der Waals surface area contributed by atoms with Crippen molar-refractivity contribution >= 4 is 11.8 Å². The number of rotatable bonds is 7. The molecule has 6 nitrogen and oxygen atoms in total. The lowest BCUT2D eigenvalue weighted by Crippen LogP contribution is -2.30. The molecule has 1 aromatic heterocycles. The van der Waals surface area contributed by atoms with Crippen molar-refractivity contribution in [1.82, 2.24) is 20.6 Å². The fraction of sp³-hybridized carbons (Fsp3) is 0.353. The zero-order valence-corrected chi connectivity index (χ0v) is 14.0. The summed E-state index contributed by atoms with van der Waals surface area (Å²) in [5.74, 6) is -2.07. The molecule has 0 atom stereocenters. The van der Waals surface area contributed by atoms with E-state index in [2.05, 4.69) is 20.6 Å². The quantitative estimate of drug-likeness (QED) is 0.717. The molecule has 134 valence electrons. The van der Waals surface area contributed by atoms with E-state index in [0.717, 1.165) is 18.6 Å². The van der Waals surface area contributed by atoms with Gasteiger partial charge in [-0.3, -0.25) is 9.59 Å². The molecule has 25 heavy (non-hydrogen) atoms. The number of benzene rings is 1. The summed E-state index contributed by atoms with van der Waals surface area (Å²) in [5.41, 5.74) is 0.0996. The molecule has 0 saturated heterocycles. The minimum absolute atomic E-state index is 0.00966. The molecular weight excluding hydrogens is 330 g/mol. The number of carbonyl (C=O) groups excluding carboxylic acids is 2. The Balaban J connectivity index is 1.98. The first-order valence-corrected chi connectivity index (χ1v) is 7.92. The molecular formula is C17H20F2N4O2. The third kappa shape index (κ3) is 5.10. The second kappa shape index (κ2) is 8.36. The largest absolute Gasteiger partial charge is 0.351 e. The van der Waals surface area contributed by atoms with Gasteiger partial charge in [-0.25, -0.2) is 13.8 Å². The maximum Gasteiger partial charge on any atom is 0.272 e. The van der Waals surface area contributed by atoms with Crippen LogP contribution in [-0.2, 0) is 6.54 Å². The van der Waals surface area contributed by atoms with Crippen molar-refractivity contribution in [2.75, 3.05) is 6.54 Å². The molecule has 0 bridgehead atoms. The van der Waals surface area contributed by atoms with Gasteiger partial charge in [-0.2, -0.15) is 0 Å². The third-order valence-corrected chi connectivity index (χ3v) is 3.54. The van der Waals surface area contributed by atoms with Crippen molar-refractivity contribution in [2.45, 2.75) is 26.8 Å². The monoisotopic (exact) mass is 350 g/mol. The minimum atomic E-state index is -0.753. The molecule has 0 radical (unpaired) electrons. The Kier molecular flexibility index (Phi) is 6.21. The molecule has 0 aliphatic carbocycles. The van der Waals surface area contributed by atoms with Crippen LogP contribution < -0.4 is 10.6 Å². The molecule has 2 rings (SSSR count). The summed E-state index contributed by atoms with van der Waals surface area (Å²) in [7, 11) is 0. The van der Waals surface area contributed by atoms with Crippen molar-refractivity contribution in [3.63, 3.8) is 0 Å². The lowest BCUT2D eigenvalue weighted by molar-refractivity contribution is 0.0911. The van der Waals surface area contributed by atoms with E-state index in [4.69, 9.17) is 0 Å². The number of imidazole rings is 1. The summed E-state index contributed by atoms with van der Waals surface area (Å²) < 4.78 is 26.5. The summed E-state index contributed by atoms with van der Waals surface area (Å²) in [6.07, 6.45) is 2.05. The Morgan fingerprint density at radius 3 is 2.64 bits per heavy atom. The molecule has 2 amide bonds. The SMILES string of the molecule is CC(C)CCNC(=O)c1nc[nH]c1C(=O)NCc1ccc(F)cc1F. The van der Waals surface area contributed by atoms with Gasteiger partial charge in [0.1, 0.15) is 17.3 Å². The van der Waals surface area contributed by atoms with Gasteiger partial charge in [-0.15, -0.1) is 0 Å². The minimum Gasteiger partial charge on any atom is -0.351 e. The number of H-pyrrole nitrogens is 1. The van der Waals surface area contributed by atoms with Crippen LogP contribution >= 0.6 is 0 Å². The zero-order chi connectivity index (χ0) is 18.4. The number of halogens is 2. The Morgan fingerprint density at radius 2 is 1.96 bits per heavy atom. The van der Waals surface area contributed by atoms with E-state index in [1.54, 1.807) is 0 Å². The molecule has 0 saturated carbocycles. The fourth-order valence-corrected chi connectivity index (χ4v) is 2.13. The van der Waals surface area contributed by atoms with Gasteiger partial charge in [-0.05, 0) is 18.4 Å². The predicted molar refractivity (Wildman–Crippen MR) is 87.9 cm³/mol. The first-order chi connectivity index (χ1) is 11.9. The summed E-state index contributed by atoms with van der Waals surface area (Å²) in [6.45, 7) is 4.41. The van der Waals surface area contributed by atoms with Gasteiger partial charge in [-0.1, -0.05) is 19.9 Å². The zero-order valence-electron chi connectivity index (χ0n) is 14.0. The van der Waals surface area contributed by atoms with Gasteiger partial charge in [0.05, 0.1) is 6.33 Å². The average Bonchev–Trinajstić information content (AvgIpc) is 3.03. The van der Waals surface area contributed by atoms with Gasteiger partial charge in [0, 0.05) is 24.7 Å². The van der Waals surface area contributed by atoms with Crippen molar-refractivity contribution in [2.24, 2.45) is 5.92 Å². The Labute approximate surface area is 144 Å². The van der Waals surface area contributed by atoms with E-state index >= 15 is 0 Å². The standard InChI is InChI=1S/C17H20F2N4O2/c1-10(2)5-6-20-16(24)14-15(23-9-22-14)17(25)21-8-11-3-4-12(18)7-13(11)19/h3-4,7,9-10H,5-6,8H2,1-2H3,(H,20,24)(H,21,25)(H,22,23). The van der Waals surface area contributed by atoms with E-state index in [-0.39, 0.29) is 23.5 Å². The highest BCUT2D eigenvalue weighted by atomic mass is 19.1. The second-order valence-corrected chi connectivity index (χ2v) is 5.98. The van der Waals surface area contributed by atoms with Gasteiger partial charge in [0.2, 0.25) is 0 Å². The van der Waals surface area contributed by atoms with E-state index in [0.29, 0.717) is 12.5 Å². The number of amides is 2. The Morgan fingerprint density at radius 1 is 1.20 bits per heavy atom. The maximum absolute atomic E-state index is 13.6. The Hall–Kier alpha value is -2.77. The van der Waals surface area contributed by atoms with Gasteiger partial charge in [0.25, 0.3) is 11.8 Å². The smallest absolute Gasteiger partial charge is 0.272 e. The van der Waals surface area contributed by atoms with Crippen LogP contribution in [0.25, 0.3) is 0 Å². The number of aromatic amines is 1. The van der Waals surface area contributed by atoms with E-state index in [1.165, 1.54) is 12.4 Å². The highest BCUT2D eigenvalue weighted by molar-refractivity contribution is 6.04. The lowest BCUT2D eigenvalue weighted by Gasteiger charge is -2.08. The van der Waals surface area contributed by atoms with Gasteiger partial charge in [0.15, 0.2) is 5.69 Å². The summed E-state index contributed by atoms with van der Waals surface area (Å²) in [6, 6.07) is 3.09. The normalized spacial score (nSPS) is 10.8. The van der Waals surface area contributed by atoms with Crippen molar-refractivity contribution < 1.29 is 18.4 Å². The van der Waals surface area contributed by atoms with Crippen LogP contribution in [0.2, 0.25) is 0 Å². The lowest BCUT2D eigenvalue weighted by atomic mass is 10.1. The van der Waals surface area contributed by atoms with E-state index < -0.39 is 23.4 Å². The summed E-state index contributed by atoms with van der Waals surface area (Å²) in [5, 5.41) is 5.18. The number of hydrogen-bond donors (Lipinski definition) is 3. The average molecular weight is 350 g/mol. The molecule has 0 aliphatic rings. The molecule has 0 fully saturated rings. The molecule has 0 unspecified atom stereocenters. The molecule has 0 aliphatic heterocycles. The van der Waals surface area contributed by atoms with Crippen LogP contribution in [0.1, 0.15) is 46.8 Å². The first kappa shape index (κ1) is 18.6.